The van der Waals surface area contributed by atoms with Gasteiger partial charge in [-0.15, -0.1) is 0 Å². The van der Waals surface area contributed by atoms with Crippen molar-refractivity contribution in [3.63, 3.8) is 0 Å². The fourth-order valence-electron chi connectivity index (χ4n) is 2.90. The molecule has 1 amide bonds. The highest BCUT2D eigenvalue weighted by Gasteiger charge is 2.34. The standard InChI is InChI=1S/C18H14F3N5O/c19-18(20,21)12-3-4-24-16(8-12)26-9-13(10-26)25-17(27)11-1-2-14-15(7-11)23-6-5-22-14/h1-8,13H,9-10H2,(H,25,27). The molecule has 1 aliphatic heterocycles. The third-order valence-corrected chi connectivity index (χ3v) is 4.35. The van der Waals surface area contributed by atoms with Gasteiger partial charge < -0.3 is 10.2 Å². The Bertz CT molecular complexity index is 1000. The minimum atomic E-state index is -4.41. The summed E-state index contributed by atoms with van der Waals surface area (Å²) in [6.07, 6.45) is -0.141. The van der Waals surface area contributed by atoms with Gasteiger partial charge in [-0.25, -0.2) is 4.98 Å². The van der Waals surface area contributed by atoms with Gasteiger partial charge in [0.1, 0.15) is 5.82 Å². The number of amides is 1. The second-order valence-corrected chi connectivity index (χ2v) is 6.24. The zero-order valence-corrected chi connectivity index (χ0v) is 13.9. The average molecular weight is 373 g/mol. The molecule has 1 N–H and O–H groups in total. The van der Waals surface area contributed by atoms with Crippen LogP contribution < -0.4 is 10.2 Å². The molecule has 3 heterocycles. The molecule has 1 aromatic carbocycles. The predicted octanol–water partition coefficient (Wildman–Crippen LogP) is 2.66. The third kappa shape index (κ3) is 3.53. The number of halogens is 3. The van der Waals surface area contributed by atoms with Crippen LogP contribution >= 0.6 is 0 Å². The molecule has 0 saturated carbocycles. The van der Waals surface area contributed by atoms with Crippen molar-refractivity contribution < 1.29 is 18.0 Å². The largest absolute Gasteiger partial charge is 0.416 e. The van der Waals surface area contributed by atoms with E-state index in [-0.39, 0.29) is 17.8 Å². The first-order chi connectivity index (χ1) is 12.9. The quantitative estimate of drug-likeness (QED) is 0.764. The highest BCUT2D eigenvalue weighted by molar-refractivity contribution is 5.97. The van der Waals surface area contributed by atoms with Gasteiger partial charge in [0.25, 0.3) is 5.91 Å². The van der Waals surface area contributed by atoms with Crippen molar-refractivity contribution in [3.05, 3.63) is 60.0 Å². The third-order valence-electron chi connectivity index (χ3n) is 4.35. The number of hydrogen-bond acceptors (Lipinski definition) is 5. The van der Waals surface area contributed by atoms with E-state index < -0.39 is 11.7 Å². The summed E-state index contributed by atoms with van der Waals surface area (Å²) >= 11 is 0. The molecule has 0 atom stereocenters. The van der Waals surface area contributed by atoms with Crippen LogP contribution in [-0.4, -0.2) is 40.0 Å². The second-order valence-electron chi connectivity index (χ2n) is 6.24. The van der Waals surface area contributed by atoms with Gasteiger partial charge in [0, 0.05) is 37.2 Å². The van der Waals surface area contributed by atoms with Gasteiger partial charge in [-0.1, -0.05) is 0 Å². The molecule has 1 saturated heterocycles. The minimum absolute atomic E-state index is 0.161. The van der Waals surface area contributed by atoms with Crippen molar-refractivity contribution in [2.45, 2.75) is 12.2 Å². The van der Waals surface area contributed by atoms with Gasteiger partial charge in [0.2, 0.25) is 0 Å². The second kappa shape index (κ2) is 6.49. The van der Waals surface area contributed by atoms with Crippen LogP contribution in [-0.2, 0) is 6.18 Å². The number of fused-ring (bicyclic) bond motifs is 1. The SMILES string of the molecule is O=C(NC1CN(c2cc(C(F)(F)F)ccn2)C1)c1ccc2nccnc2c1. The van der Waals surface area contributed by atoms with Crippen molar-refractivity contribution >= 4 is 22.8 Å². The van der Waals surface area contributed by atoms with Crippen LogP contribution in [0.1, 0.15) is 15.9 Å². The summed E-state index contributed by atoms with van der Waals surface area (Å²) in [5.74, 6) is -0.0134. The van der Waals surface area contributed by atoms with E-state index in [2.05, 4.69) is 20.3 Å². The van der Waals surface area contributed by atoms with E-state index in [0.29, 0.717) is 29.7 Å². The monoisotopic (exact) mass is 373 g/mol. The number of anilines is 1. The summed E-state index contributed by atoms with van der Waals surface area (Å²) in [4.78, 5) is 26.4. The summed E-state index contributed by atoms with van der Waals surface area (Å²) in [5, 5.41) is 2.86. The smallest absolute Gasteiger partial charge is 0.352 e. The number of nitrogens with zero attached hydrogens (tertiary/aromatic N) is 4. The maximum Gasteiger partial charge on any atom is 0.416 e. The first-order valence-corrected chi connectivity index (χ1v) is 8.20. The lowest BCUT2D eigenvalue weighted by Gasteiger charge is -2.40. The Hall–Kier alpha value is -3.23. The number of benzene rings is 1. The minimum Gasteiger partial charge on any atom is -0.352 e. The van der Waals surface area contributed by atoms with E-state index in [1.165, 1.54) is 0 Å². The van der Waals surface area contributed by atoms with Crippen molar-refractivity contribution in [2.75, 3.05) is 18.0 Å². The Morgan fingerprint density at radius 3 is 2.48 bits per heavy atom. The number of carbonyl (C=O) groups is 1. The fraction of sp³-hybridized carbons (Fsp3) is 0.222. The van der Waals surface area contributed by atoms with Gasteiger partial charge in [-0.3, -0.25) is 14.8 Å². The van der Waals surface area contributed by atoms with Crippen molar-refractivity contribution in [1.29, 1.82) is 0 Å². The Kier molecular flexibility index (Phi) is 4.14. The van der Waals surface area contributed by atoms with Crippen LogP contribution in [0, 0.1) is 0 Å². The van der Waals surface area contributed by atoms with Crippen molar-refractivity contribution in [2.24, 2.45) is 0 Å². The van der Waals surface area contributed by atoms with Gasteiger partial charge in [0.05, 0.1) is 22.6 Å². The summed E-state index contributed by atoms with van der Waals surface area (Å²) in [6, 6.07) is 6.83. The molecule has 1 aliphatic rings. The van der Waals surface area contributed by atoms with Gasteiger partial charge in [-0.05, 0) is 30.3 Å². The zero-order valence-electron chi connectivity index (χ0n) is 13.9. The van der Waals surface area contributed by atoms with Crippen LogP contribution in [0.25, 0.3) is 11.0 Å². The fourth-order valence-corrected chi connectivity index (χ4v) is 2.90. The molecule has 0 spiro atoms. The first kappa shape index (κ1) is 17.2. The number of alkyl halides is 3. The Balaban J connectivity index is 1.39. The molecule has 0 unspecified atom stereocenters. The van der Waals surface area contributed by atoms with E-state index in [4.69, 9.17) is 0 Å². The van der Waals surface area contributed by atoms with E-state index in [0.717, 1.165) is 18.3 Å². The molecule has 4 rings (SSSR count). The Morgan fingerprint density at radius 2 is 1.74 bits per heavy atom. The Labute approximate surface area is 152 Å². The molecule has 27 heavy (non-hydrogen) atoms. The number of hydrogen-bond donors (Lipinski definition) is 1. The maximum absolute atomic E-state index is 12.8. The normalized spacial score (nSPS) is 14.9. The Morgan fingerprint density at radius 1 is 1.00 bits per heavy atom. The number of aromatic nitrogens is 3. The molecule has 0 bridgehead atoms. The van der Waals surface area contributed by atoms with Crippen LogP contribution in [0.2, 0.25) is 0 Å². The molecule has 1 fully saturated rings. The first-order valence-electron chi connectivity index (χ1n) is 8.20. The molecule has 2 aromatic heterocycles. The number of rotatable bonds is 3. The van der Waals surface area contributed by atoms with Crippen LogP contribution in [0.3, 0.4) is 0 Å². The zero-order chi connectivity index (χ0) is 19.0. The van der Waals surface area contributed by atoms with Crippen LogP contribution in [0.15, 0.2) is 48.9 Å². The number of carbonyl (C=O) groups excluding carboxylic acids is 1. The van der Waals surface area contributed by atoms with Gasteiger partial charge in [0.15, 0.2) is 0 Å². The van der Waals surface area contributed by atoms with Crippen LogP contribution in [0.4, 0.5) is 19.0 Å². The maximum atomic E-state index is 12.8. The summed E-state index contributed by atoms with van der Waals surface area (Å²) in [7, 11) is 0. The van der Waals surface area contributed by atoms with Crippen molar-refractivity contribution in [3.8, 4) is 0 Å². The number of nitrogens with one attached hydrogen (secondary N) is 1. The highest BCUT2D eigenvalue weighted by atomic mass is 19.4. The van der Waals surface area contributed by atoms with Crippen LogP contribution in [0.5, 0.6) is 0 Å². The summed E-state index contributed by atoms with van der Waals surface area (Å²) in [6.45, 7) is 0.793. The highest BCUT2D eigenvalue weighted by Crippen LogP contribution is 2.31. The average Bonchev–Trinajstić information content (AvgIpc) is 2.63. The molecule has 9 heteroatoms. The molecule has 0 radical (unpaired) electrons. The lowest BCUT2D eigenvalue weighted by molar-refractivity contribution is -0.137. The van der Waals surface area contributed by atoms with Gasteiger partial charge in [-0.2, -0.15) is 13.2 Å². The van der Waals surface area contributed by atoms with Gasteiger partial charge >= 0.3 is 6.18 Å². The number of pyridine rings is 1. The van der Waals surface area contributed by atoms with Crippen molar-refractivity contribution in [1.82, 2.24) is 20.3 Å². The molecular weight excluding hydrogens is 359 g/mol. The van der Waals surface area contributed by atoms with E-state index >= 15 is 0 Å². The molecule has 3 aromatic rings. The molecule has 138 valence electrons. The predicted molar refractivity (Wildman–Crippen MR) is 92.2 cm³/mol. The molecular formula is C18H14F3N5O. The summed E-state index contributed by atoms with van der Waals surface area (Å²) in [5.41, 5.74) is 1.03. The summed E-state index contributed by atoms with van der Waals surface area (Å²) < 4.78 is 38.4. The lowest BCUT2D eigenvalue weighted by Crippen LogP contribution is -2.59. The van der Waals surface area contributed by atoms with E-state index in [9.17, 15) is 18.0 Å². The lowest BCUT2D eigenvalue weighted by atomic mass is 10.1. The molecule has 0 aliphatic carbocycles. The van der Waals surface area contributed by atoms with E-state index in [1.807, 2.05) is 0 Å². The van der Waals surface area contributed by atoms with E-state index in [1.54, 1.807) is 35.5 Å². The molecule has 6 nitrogen and oxygen atoms in total. The topological polar surface area (TPSA) is 71.0 Å².